The average molecular weight is 561 g/mol. The molecule has 180 valence electrons. The monoisotopic (exact) mass is 560 g/mol. The standard InChI is InChI=1S/C24H19BrF2N4O3S/c1-15-28-29-24(31(15)20-8-6-18(26)7-9-20)35-23(13-30(32)33)17-5-10-22(21(25)12-17)34-14-16-3-2-4-19(27)11-16/h2-12,23H,13-14H2,1H3/t23-/m0/s1. The molecule has 0 saturated heterocycles. The highest BCUT2D eigenvalue weighted by Crippen LogP contribution is 2.38. The van der Waals surface area contributed by atoms with Crippen molar-refractivity contribution in [2.45, 2.75) is 23.9 Å². The number of nitro groups is 1. The minimum absolute atomic E-state index is 0.169. The Morgan fingerprint density at radius 3 is 2.54 bits per heavy atom. The van der Waals surface area contributed by atoms with Gasteiger partial charge in [-0.15, -0.1) is 10.2 Å². The Hall–Kier alpha value is -3.31. The summed E-state index contributed by atoms with van der Waals surface area (Å²) in [6, 6.07) is 17.2. The molecule has 3 aromatic carbocycles. The van der Waals surface area contributed by atoms with E-state index in [4.69, 9.17) is 4.74 Å². The lowest BCUT2D eigenvalue weighted by atomic mass is 10.1. The van der Waals surface area contributed by atoms with Crippen molar-refractivity contribution in [2.75, 3.05) is 6.54 Å². The summed E-state index contributed by atoms with van der Waals surface area (Å²) in [7, 11) is 0. The molecule has 0 unspecified atom stereocenters. The van der Waals surface area contributed by atoms with Crippen LogP contribution in [-0.2, 0) is 6.61 Å². The first kappa shape index (κ1) is 24.8. The quantitative estimate of drug-likeness (QED) is 0.135. The van der Waals surface area contributed by atoms with E-state index in [1.54, 1.807) is 54.0 Å². The third kappa shape index (κ3) is 6.23. The van der Waals surface area contributed by atoms with Crippen LogP contribution in [0, 0.1) is 28.7 Å². The highest BCUT2D eigenvalue weighted by atomic mass is 79.9. The first-order valence-electron chi connectivity index (χ1n) is 10.4. The number of benzene rings is 3. The second-order valence-corrected chi connectivity index (χ2v) is 9.60. The van der Waals surface area contributed by atoms with Gasteiger partial charge in [-0.05, 0) is 82.5 Å². The van der Waals surface area contributed by atoms with Gasteiger partial charge in [0, 0.05) is 10.6 Å². The molecule has 4 aromatic rings. The Morgan fingerprint density at radius 2 is 1.86 bits per heavy atom. The molecule has 11 heteroatoms. The van der Waals surface area contributed by atoms with Gasteiger partial charge in [-0.1, -0.05) is 30.0 Å². The maximum atomic E-state index is 13.4. The fourth-order valence-electron chi connectivity index (χ4n) is 3.40. The van der Waals surface area contributed by atoms with Gasteiger partial charge in [0.25, 0.3) is 0 Å². The number of halogens is 3. The van der Waals surface area contributed by atoms with Crippen LogP contribution in [0.4, 0.5) is 8.78 Å². The molecule has 1 heterocycles. The number of thioether (sulfide) groups is 1. The average Bonchev–Trinajstić information content (AvgIpc) is 3.18. The van der Waals surface area contributed by atoms with Crippen molar-refractivity contribution in [1.82, 2.24) is 14.8 Å². The van der Waals surface area contributed by atoms with E-state index in [-0.39, 0.29) is 29.7 Å². The van der Waals surface area contributed by atoms with Crippen LogP contribution < -0.4 is 4.74 Å². The maximum absolute atomic E-state index is 13.4. The summed E-state index contributed by atoms with van der Waals surface area (Å²) in [5.74, 6) is 0.378. The molecule has 0 N–H and O–H groups in total. The third-order valence-corrected chi connectivity index (χ3v) is 6.85. The van der Waals surface area contributed by atoms with E-state index < -0.39 is 5.25 Å². The van der Waals surface area contributed by atoms with Crippen molar-refractivity contribution in [3.05, 3.63) is 110 Å². The predicted molar refractivity (Wildman–Crippen MR) is 131 cm³/mol. The normalized spacial score (nSPS) is 11.9. The molecular formula is C24H19BrF2N4O3S. The number of hydrogen-bond donors (Lipinski definition) is 0. The molecule has 1 aromatic heterocycles. The summed E-state index contributed by atoms with van der Waals surface area (Å²) in [6.45, 7) is 1.57. The van der Waals surface area contributed by atoms with Gasteiger partial charge in [0.1, 0.15) is 35.1 Å². The molecule has 0 amide bonds. The Balaban J connectivity index is 1.57. The van der Waals surface area contributed by atoms with E-state index in [2.05, 4.69) is 26.1 Å². The minimum Gasteiger partial charge on any atom is -0.488 e. The molecule has 0 spiro atoms. The van der Waals surface area contributed by atoms with Crippen LogP contribution in [0.5, 0.6) is 5.75 Å². The third-order valence-electron chi connectivity index (χ3n) is 5.05. The number of rotatable bonds is 9. The maximum Gasteiger partial charge on any atom is 0.220 e. The van der Waals surface area contributed by atoms with Crippen LogP contribution in [0.1, 0.15) is 22.2 Å². The SMILES string of the molecule is Cc1nnc(S[C@@H](C[N+](=O)[O-])c2ccc(OCc3cccc(F)c3)c(Br)c2)n1-c1ccc(F)cc1. The molecule has 1 atom stereocenters. The molecule has 0 saturated carbocycles. The van der Waals surface area contributed by atoms with Gasteiger partial charge >= 0.3 is 0 Å². The predicted octanol–water partition coefficient (Wildman–Crippen LogP) is 6.31. The zero-order valence-electron chi connectivity index (χ0n) is 18.4. The smallest absolute Gasteiger partial charge is 0.220 e. The molecule has 7 nitrogen and oxygen atoms in total. The zero-order chi connectivity index (χ0) is 24.9. The van der Waals surface area contributed by atoms with Gasteiger partial charge in [-0.3, -0.25) is 14.7 Å². The van der Waals surface area contributed by atoms with Crippen molar-refractivity contribution in [1.29, 1.82) is 0 Å². The number of hydrogen-bond acceptors (Lipinski definition) is 6. The fourth-order valence-corrected chi connectivity index (χ4v) is 5.08. The van der Waals surface area contributed by atoms with Crippen molar-refractivity contribution in [3.63, 3.8) is 0 Å². The molecule has 0 bridgehead atoms. The van der Waals surface area contributed by atoms with Gasteiger partial charge in [-0.2, -0.15) is 0 Å². The van der Waals surface area contributed by atoms with E-state index in [9.17, 15) is 18.9 Å². The largest absolute Gasteiger partial charge is 0.488 e. The van der Waals surface area contributed by atoms with Gasteiger partial charge in [0.15, 0.2) is 5.16 Å². The molecule has 0 aliphatic carbocycles. The lowest BCUT2D eigenvalue weighted by molar-refractivity contribution is -0.479. The molecule has 35 heavy (non-hydrogen) atoms. The first-order valence-corrected chi connectivity index (χ1v) is 12.1. The molecule has 0 aliphatic heterocycles. The van der Waals surface area contributed by atoms with Crippen LogP contribution >= 0.6 is 27.7 Å². The summed E-state index contributed by atoms with van der Waals surface area (Å²) in [5.41, 5.74) is 2.01. The summed E-state index contributed by atoms with van der Waals surface area (Å²) in [5, 5.41) is 19.6. The van der Waals surface area contributed by atoms with Crippen LogP contribution in [-0.4, -0.2) is 26.2 Å². The van der Waals surface area contributed by atoms with Crippen LogP contribution in [0.25, 0.3) is 5.69 Å². The summed E-state index contributed by atoms with van der Waals surface area (Å²) < 4.78 is 34.9. The lowest BCUT2D eigenvalue weighted by Gasteiger charge is -2.16. The van der Waals surface area contributed by atoms with E-state index in [0.717, 1.165) is 0 Å². The van der Waals surface area contributed by atoms with E-state index >= 15 is 0 Å². The van der Waals surface area contributed by atoms with Gasteiger partial charge < -0.3 is 4.74 Å². The number of nitrogens with zero attached hydrogens (tertiary/aromatic N) is 4. The number of ether oxygens (including phenoxy) is 1. The minimum atomic E-state index is -0.582. The van der Waals surface area contributed by atoms with Crippen LogP contribution in [0.15, 0.2) is 76.4 Å². The Kier molecular flexibility index (Phi) is 7.76. The van der Waals surface area contributed by atoms with Crippen molar-refractivity contribution in [2.24, 2.45) is 0 Å². The Labute approximate surface area is 212 Å². The topological polar surface area (TPSA) is 83.1 Å². The number of aryl methyl sites for hydroxylation is 1. The highest BCUT2D eigenvalue weighted by Gasteiger charge is 2.24. The van der Waals surface area contributed by atoms with E-state index in [0.29, 0.717) is 38.0 Å². The van der Waals surface area contributed by atoms with Gasteiger partial charge in [0.2, 0.25) is 6.54 Å². The van der Waals surface area contributed by atoms with Crippen LogP contribution in [0.3, 0.4) is 0 Å². The highest BCUT2D eigenvalue weighted by molar-refractivity contribution is 9.10. The zero-order valence-corrected chi connectivity index (χ0v) is 20.8. The second kappa shape index (κ2) is 11.0. The Bertz CT molecular complexity index is 1350. The number of aromatic nitrogens is 3. The van der Waals surface area contributed by atoms with Crippen molar-refractivity contribution < 1.29 is 18.4 Å². The van der Waals surface area contributed by atoms with E-state index in [1.165, 1.54) is 36.0 Å². The van der Waals surface area contributed by atoms with Gasteiger partial charge in [0.05, 0.1) is 4.47 Å². The second-order valence-electron chi connectivity index (χ2n) is 7.57. The summed E-state index contributed by atoms with van der Waals surface area (Å²) in [6.07, 6.45) is 0. The molecule has 4 rings (SSSR count). The summed E-state index contributed by atoms with van der Waals surface area (Å²) >= 11 is 4.66. The van der Waals surface area contributed by atoms with Gasteiger partial charge in [-0.25, -0.2) is 8.78 Å². The summed E-state index contributed by atoms with van der Waals surface area (Å²) in [4.78, 5) is 11.1. The first-order chi connectivity index (χ1) is 16.8. The van der Waals surface area contributed by atoms with Crippen molar-refractivity contribution >= 4 is 27.7 Å². The Morgan fingerprint density at radius 1 is 1.09 bits per heavy atom. The molecular weight excluding hydrogens is 542 g/mol. The fraction of sp³-hybridized carbons (Fsp3) is 0.167. The lowest BCUT2D eigenvalue weighted by Crippen LogP contribution is -2.11. The molecule has 0 aliphatic rings. The molecule has 0 radical (unpaired) electrons. The van der Waals surface area contributed by atoms with E-state index in [1.807, 2.05) is 0 Å². The van der Waals surface area contributed by atoms with Crippen LogP contribution in [0.2, 0.25) is 0 Å². The van der Waals surface area contributed by atoms with Crippen molar-refractivity contribution in [3.8, 4) is 11.4 Å². The molecule has 0 fully saturated rings.